The first-order valence-corrected chi connectivity index (χ1v) is 8.66. The fourth-order valence-corrected chi connectivity index (χ4v) is 3.89. The summed E-state index contributed by atoms with van der Waals surface area (Å²) in [7, 11) is 0. The van der Waals surface area contributed by atoms with Crippen LogP contribution < -0.4 is 5.73 Å². The van der Waals surface area contributed by atoms with Crippen LogP contribution >= 0.6 is 23.4 Å². The van der Waals surface area contributed by atoms with Gasteiger partial charge in [0.15, 0.2) is 0 Å². The molecule has 0 atom stereocenters. The molecule has 2 N–H and O–H groups in total. The normalized spacial score (nSPS) is 11.3. The Hall–Kier alpha value is -2.10. The predicted octanol–water partition coefficient (Wildman–Crippen LogP) is 6.11. The lowest BCUT2D eigenvalue weighted by Crippen LogP contribution is -1.89. The first kappa shape index (κ1) is 14.5. The van der Waals surface area contributed by atoms with E-state index < -0.39 is 0 Å². The van der Waals surface area contributed by atoms with Crippen molar-refractivity contribution in [1.82, 2.24) is 0 Å². The van der Waals surface area contributed by atoms with Crippen LogP contribution in [-0.4, -0.2) is 0 Å². The zero-order chi connectivity index (χ0) is 15.8. The Bertz CT molecular complexity index is 995. The van der Waals surface area contributed by atoms with Crippen molar-refractivity contribution in [3.63, 3.8) is 0 Å². The topological polar surface area (TPSA) is 39.2 Å². The Kier molecular flexibility index (Phi) is 3.68. The molecule has 1 heterocycles. The molecule has 0 bridgehead atoms. The molecule has 4 rings (SSSR count). The van der Waals surface area contributed by atoms with Gasteiger partial charge in [-0.2, -0.15) is 0 Å². The van der Waals surface area contributed by atoms with Crippen LogP contribution in [0.5, 0.6) is 0 Å². The van der Waals surface area contributed by atoms with Gasteiger partial charge in [-0.25, -0.2) is 0 Å². The van der Waals surface area contributed by atoms with Gasteiger partial charge in [-0.15, -0.1) is 11.8 Å². The third-order valence-electron chi connectivity index (χ3n) is 3.81. The molecule has 0 saturated heterocycles. The third-order valence-corrected chi connectivity index (χ3v) is 5.27. The quantitative estimate of drug-likeness (QED) is 0.361. The number of nitrogen functional groups attached to an aromatic ring is 1. The number of fused-ring (bicyclic) bond motifs is 3. The highest BCUT2D eigenvalue weighted by Crippen LogP contribution is 2.39. The Morgan fingerprint density at radius 1 is 0.957 bits per heavy atom. The van der Waals surface area contributed by atoms with E-state index >= 15 is 0 Å². The monoisotopic (exact) mass is 339 g/mol. The van der Waals surface area contributed by atoms with Crippen molar-refractivity contribution in [2.75, 3.05) is 5.73 Å². The molecule has 1 aromatic heterocycles. The van der Waals surface area contributed by atoms with Crippen molar-refractivity contribution in [2.45, 2.75) is 10.6 Å². The number of nitrogens with two attached hydrogens (primary N) is 1. The number of hydrogen-bond acceptors (Lipinski definition) is 3. The Morgan fingerprint density at radius 3 is 2.61 bits per heavy atom. The Balaban J connectivity index is 1.78. The molecular weight excluding hydrogens is 326 g/mol. The standard InChI is InChI=1S/C19H14ClNOS/c20-14-7-4-8-16-19(14)13-9-18(15(21)10-17(13)22-16)23-11-12-5-2-1-3-6-12/h1-10H,11,21H2. The molecule has 23 heavy (non-hydrogen) atoms. The van der Waals surface area contributed by atoms with Crippen LogP contribution in [-0.2, 0) is 5.75 Å². The molecule has 0 fully saturated rings. The van der Waals surface area contributed by atoms with Gasteiger partial charge < -0.3 is 10.2 Å². The highest BCUT2D eigenvalue weighted by molar-refractivity contribution is 7.98. The zero-order valence-electron chi connectivity index (χ0n) is 12.3. The van der Waals surface area contributed by atoms with Gasteiger partial charge in [0.05, 0.1) is 5.02 Å². The smallest absolute Gasteiger partial charge is 0.137 e. The molecule has 0 radical (unpaired) electrons. The van der Waals surface area contributed by atoms with Crippen molar-refractivity contribution in [3.8, 4) is 0 Å². The molecule has 4 aromatic rings. The van der Waals surface area contributed by atoms with Gasteiger partial charge in [0.1, 0.15) is 11.2 Å². The molecule has 2 nitrogen and oxygen atoms in total. The minimum Gasteiger partial charge on any atom is -0.456 e. The molecule has 0 spiro atoms. The van der Waals surface area contributed by atoms with Crippen LogP contribution in [0.3, 0.4) is 0 Å². The first-order chi connectivity index (χ1) is 11.2. The molecule has 114 valence electrons. The average Bonchev–Trinajstić information content (AvgIpc) is 2.92. The molecule has 0 unspecified atom stereocenters. The van der Waals surface area contributed by atoms with E-state index in [0.29, 0.717) is 5.02 Å². The van der Waals surface area contributed by atoms with E-state index in [2.05, 4.69) is 18.2 Å². The zero-order valence-corrected chi connectivity index (χ0v) is 13.8. The Morgan fingerprint density at radius 2 is 1.78 bits per heavy atom. The molecule has 0 amide bonds. The van der Waals surface area contributed by atoms with E-state index in [4.69, 9.17) is 21.8 Å². The van der Waals surface area contributed by atoms with E-state index in [1.165, 1.54) is 5.56 Å². The molecule has 0 aliphatic rings. The maximum absolute atomic E-state index is 6.34. The summed E-state index contributed by atoms with van der Waals surface area (Å²) in [6.45, 7) is 0. The summed E-state index contributed by atoms with van der Waals surface area (Å²) < 4.78 is 5.86. The van der Waals surface area contributed by atoms with Gasteiger partial charge >= 0.3 is 0 Å². The van der Waals surface area contributed by atoms with Crippen molar-refractivity contribution in [3.05, 3.63) is 71.2 Å². The highest BCUT2D eigenvalue weighted by Gasteiger charge is 2.13. The maximum Gasteiger partial charge on any atom is 0.137 e. The number of rotatable bonds is 3. The van der Waals surface area contributed by atoms with Crippen molar-refractivity contribution in [1.29, 1.82) is 0 Å². The number of halogens is 1. The highest BCUT2D eigenvalue weighted by atomic mass is 35.5. The lowest BCUT2D eigenvalue weighted by molar-refractivity contribution is 0.669. The maximum atomic E-state index is 6.34. The number of benzene rings is 3. The van der Waals surface area contributed by atoms with Crippen LogP contribution in [0, 0.1) is 0 Å². The van der Waals surface area contributed by atoms with Crippen molar-refractivity contribution < 1.29 is 4.42 Å². The van der Waals surface area contributed by atoms with Crippen LogP contribution in [0.15, 0.2) is 70.0 Å². The summed E-state index contributed by atoms with van der Waals surface area (Å²) in [5.74, 6) is 0.875. The minimum absolute atomic E-state index is 0.699. The number of thioether (sulfide) groups is 1. The largest absolute Gasteiger partial charge is 0.456 e. The van der Waals surface area contributed by atoms with E-state index in [-0.39, 0.29) is 0 Å². The van der Waals surface area contributed by atoms with Gasteiger partial charge in [-0.3, -0.25) is 0 Å². The summed E-state index contributed by atoms with van der Waals surface area (Å²) >= 11 is 8.07. The summed E-state index contributed by atoms with van der Waals surface area (Å²) in [6.07, 6.45) is 0. The lowest BCUT2D eigenvalue weighted by Gasteiger charge is -2.06. The molecule has 0 saturated carbocycles. The third kappa shape index (κ3) is 2.67. The van der Waals surface area contributed by atoms with Gasteiger partial charge in [0.2, 0.25) is 0 Å². The van der Waals surface area contributed by atoms with E-state index in [0.717, 1.165) is 38.3 Å². The predicted molar refractivity (Wildman–Crippen MR) is 99.1 cm³/mol. The number of hydrogen-bond donors (Lipinski definition) is 1. The van der Waals surface area contributed by atoms with Gasteiger partial charge in [0.25, 0.3) is 0 Å². The van der Waals surface area contributed by atoms with Crippen LogP contribution in [0.4, 0.5) is 5.69 Å². The summed E-state index contributed by atoms with van der Waals surface area (Å²) in [5.41, 5.74) is 9.76. The van der Waals surface area contributed by atoms with Crippen LogP contribution in [0.2, 0.25) is 5.02 Å². The molecule has 4 heteroatoms. The van der Waals surface area contributed by atoms with Gasteiger partial charge in [-0.05, 0) is 23.8 Å². The second-order valence-electron chi connectivity index (χ2n) is 5.38. The molecular formula is C19H14ClNOS. The van der Waals surface area contributed by atoms with E-state index in [9.17, 15) is 0 Å². The van der Waals surface area contributed by atoms with Crippen molar-refractivity contribution in [2.24, 2.45) is 0 Å². The molecule has 0 aliphatic heterocycles. The summed E-state index contributed by atoms with van der Waals surface area (Å²) in [6, 6.07) is 20.0. The second kappa shape index (κ2) is 5.84. The molecule has 3 aromatic carbocycles. The van der Waals surface area contributed by atoms with Gasteiger partial charge in [-0.1, -0.05) is 48.0 Å². The van der Waals surface area contributed by atoms with Gasteiger partial charge in [0, 0.05) is 33.2 Å². The average molecular weight is 340 g/mol. The minimum atomic E-state index is 0.699. The summed E-state index contributed by atoms with van der Waals surface area (Å²) in [5, 5.41) is 2.66. The lowest BCUT2D eigenvalue weighted by atomic mass is 10.1. The summed E-state index contributed by atoms with van der Waals surface area (Å²) in [4.78, 5) is 1.05. The Labute approximate surface area is 143 Å². The molecule has 0 aliphatic carbocycles. The fourth-order valence-electron chi connectivity index (χ4n) is 2.69. The van der Waals surface area contributed by atoms with Crippen molar-refractivity contribution >= 4 is 51.0 Å². The fraction of sp³-hybridized carbons (Fsp3) is 0.0526. The number of anilines is 1. The first-order valence-electron chi connectivity index (χ1n) is 7.29. The second-order valence-corrected chi connectivity index (χ2v) is 6.80. The van der Waals surface area contributed by atoms with E-state index in [1.807, 2.05) is 42.5 Å². The SMILES string of the molecule is Nc1cc2oc3cccc(Cl)c3c2cc1SCc1ccccc1. The van der Waals surface area contributed by atoms with Crippen LogP contribution in [0.25, 0.3) is 21.9 Å². The van der Waals surface area contributed by atoms with Crippen LogP contribution in [0.1, 0.15) is 5.56 Å². The number of furan rings is 1. The van der Waals surface area contributed by atoms with E-state index in [1.54, 1.807) is 11.8 Å².